The number of aryl methyl sites for hydroxylation is 2. The number of hydrogen-bond acceptors (Lipinski definition) is 7. The van der Waals surface area contributed by atoms with Gasteiger partial charge in [-0.3, -0.25) is 0 Å². The number of benzene rings is 4. The topological polar surface area (TPSA) is 154 Å². The first-order valence-corrected chi connectivity index (χ1v) is 15.4. The van der Waals surface area contributed by atoms with Crippen LogP contribution >= 0.6 is 0 Å². The summed E-state index contributed by atoms with van der Waals surface area (Å²) in [7, 11) is -2.92. The maximum absolute atomic E-state index is 11.9. The molecule has 0 saturated heterocycles. The minimum Gasteiger partial charge on any atom is -0.478 e. The van der Waals surface area contributed by atoms with Crippen LogP contribution in [0.15, 0.2) is 97.3 Å². The van der Waals surface area contributed by atoms with Gasteiger partial charge in [0.2, 0.25) is 0 Å². The van der Waals surface area contributed by atoms with Crippen molar-refractivity contribution >= 4 is 58.9 Å². The van der Waals surface area contributed by atoms with E-state index < -0.39 is 20.2 Å². The Hall–Kier alpha value is -5.13. The maximum atomic E-state index is 11.9. The van der Waals surface area contributed by atoms with E-state index in [1.807, 2.05) is 62.5 Å². The number of hydrogen-bond donors (Lipinski definition) is 5. The average Bonchev–Trinajstić information content (AvgIpc) is 3.55. The van der Waals surface area contributed by atoms with Crippen LogP contribution in [0.4, 0.5) is 0 Å². The lowest BCUT2D eigenvalue weighted by Gasteiger charge is -2.08. The summed E-state index contributed by atoms with van der Waals surface area (Å²) in [5.74, 6) is -1.24. The van der Waals surface area contributed by atoms with Crippen LogP contribution in [0.5, 0.6) is 0 Å². The van der Waals surface area contributed by atoms with Crippen molar-refractivity contribution in [1.29, 1.82) is 0 Å². The van der Waals surface area contributed by atoms with Gasteiger partial charge in [0, 0.05) is 47.3 Å². The molecule has 2 heterocycles. The first kappa shape index (κ1) is 34.2. The number of carboxylic acid groups (broad SMARTS) is 1. The lowest BCUT2D eigenvalue weighted by Crippen LogP contribution is -2.29. The van der Waals surface area contributed by atoms with Crippen LogP contribution in [0.1, 0.15) is 49.9 Å². The van der Waals surface area contributed by atoms with E-state index in [4.69, 9.17) is 19.9 Å². The van der Waals surface area contributed by atoms with Gasteiger partial charge in [0.25, 0.3) is 0 Å². The molecular formula is C36H36B2N2O8. The third kappa shape index (κ3) is 7.70. The molecule has 0 saturated carbocycles. The Kier molecular flexibility index (Phi) is 10.5. The van der Waals surface area contributed by atoms with E-state index in [1.54, 1.807) is 49.4 Å². The summed E-state index contributed by atoms with van der Waals surface area (Å²) in [5, 5.41) is 47.6. The zero-order valence-corrected chi connectivity index (χ0v) is 26.9. The number of aromatic carboxylic acids is 1. The third-order valence-corrected chi connectivity index (χ3v) is 8.18. The van der Waals surface area contributed by atoms with E-state index >= 15 is 0 Å². The Morgan fingerprint density at radius 3 is 1.46 bits per heavy atom. The molecule has 4 aromatic carbocycles. The monoisotopic (exact) mass is 646 g/mol. The molecule has 0 aliphatic rings. The fraction of sp³-hybridized carbons (Fsp3) is 0.167. The largest absolute Gasteiger partial charge is 0.488 e. The van der Waals surface area contributed by atoms with E-state index in [0.29, 0.717) is 36.2 Å². The van der Waals surface area contributed by atoms with Gasteiger partial charge in [-0.25, -0.2) is 9.59 Å². The normalized spacial score (nSPS) is 10.9. The van der Waals surface area contributed by atoms with Crippen molar-refractivity contribution in [3.8, 4) is 0 Å². The predicted molar refractivity (Wildman–Crippen MR) is 187 cm³/mol. The quantitative estimate of drug-likeness (QED) is 0.119. The van der Waals surface area contributed by atoms with Gasteiger partial charge in [0.15, 0.2) is 0 Å². The predicted octanol–water partition coefficient (Wildman–Crippen LogP) is 3.23. The van der Waals surface area contributed by atoms with Gasteiger partial charge < -0.3 is 39.1 Å². The SMILES string of the molecule is CCOC(=O)c1ccc2c(c1)c(C)cn2Cc1ccc(B(O)O)cc1.Cc1cn(Cc2ccc(B(O)O)cc2)c2ccc(C(=O)O)cc12. The van der Waals surface area contributed by atoms with Crippen LogP contribution in [0, 0.1) is 13.8 Å². The lowest BCUT2D eigenvalue weighted by atomic mass is 9.80. The number of carbonyl (C=O) groups excluding carboxylic acids is 1. The van der Waals surface area contributed by atoms with E-state index in [9.17, 15) is 19.6 Å². The molecule has 0 aliphatic heterocycles. The molecule has 12 heteroatoms. The molecule has 6 rings (SSSR count). The molecule has 0 fully saturated rings. The molecule has 5 N–H and O–H groups in total. The lowest BCUT2D eigenvalue weighted by molar-refractivity contribution is 0.0526. The highest BCUT2D eigenvalue weighted by atomic mass is 16.5. The summed E-state index contributed by atoms with van der Waals surface area (Å²) in [4.78, 5) is 23.0. The van der Waals surface area contributed by atoms with Crippen LogP contribution in [0.2, 0.25) is 0 Å². The van der Waals surface area contributed by atoms with Crippen molar-refractivity contribution in [1.82, 2.24) is 9.13 Å². The number of carbonyl (C=O) groups is 2. The average molecular weight is 646 g/mol. The van der Waals surface area contributed by atoms with Crippen LogP contribution in [-0.4, -0.2) is 67.1 Å². The van der Waals surface area contributed by atoms with Crippen LogP contribution in [0.3, 0.4) is 0 Å². The summed E-state index contributed by atoms with van der Waals surface area (Å²) in [5.41, 5.74) is 7.94. The Bertz CT molecular complexity index is 2070. The number of fused-ring (bicyclic) bond motifs is 2. The number of ether oxygens (including phenoxy) is 1. The highest BCUT2D eigenvalue weighted by molar-refractivity contribution is 6.58. The number of rotatable bonds is 9. The van der Waals surface area contributed by atoms with Crippen molar-refractivity contribution in [2.75, 3.05) is 6.61 Å². The smallest absolute Gasteiger partial charge is 0.478 e. The fourth-order valence-corrected chi connectivity index (χ4v) is 5.67. The summed E-state index contributed by atoms with van der Waals surface area (Å²) in [6.45, 7) is 7.40. The maximum Gasteiger partial charge on any atom is 0.488 e. The summed E-state index contributed by atoms with van der Waals surface area (Å²) in [6.07, 6.45) is 4.04. The summed E-state index contributed by atoms with van der Waals surface area (Å²) < 4.78 is 9.23. The van der Waals surface area contributed by atoms with Crippen molar-refractivity contribution < 1.29 is 39.5 Å². The Balaban J connectivity index is 0.000000188. The molecule has 0 atom stereocenters. The van der Waals surface area contributed by atoms with Crippen molar-refractivity contribution in [2.24, 2.45) is 0 Å². The molecule has 0 amide bonds. The molecule has 0 radical (unpaired) electrons. The van der Waals surface area contributed by atoms with Crippen LogP contribution in [-0.2, 0) is 17.8 Å². The first-order chi connectivity index (χ1) is 22.9. The van der Waals surface area contributed by atoms with E-state index in [1.165, 1.54) is 0 Å². The number of nitrogens with zero attached hydrogens (tertiary/aromatic N) is 2. The molecule has 2 aromatic heterocycles. The standard InChI is InChI=1S/C19H20BNO4.C17H16BNO4/c1-3-25-19(22)15-6-9-18-17(10-15)13(2)11-21(18)12-14-4-7-16(8-5-14)20(23)24;1-11-9-19(10-12-2-5-14(6-3-12)18(22)23)16-7-4-13(17(20)21)8-15(11)16/h4-11,23-24H,3,12H2,1-2H3;2-9,22-23H,10H2,1H3,(H,20,21). The first-order valence-electron chi connectivity index (χ1n) is 15.4. The highest BCUT2D eigenvalue weighted by Crippen LogP contribution is 2.25. The third-order valence-electron chi connectivity index (χ3n) is 8.18. The zero-order chi connectivity index (χ0) is 34.5. The van der Waals surface area contributed by atoms with Gasteiger partial charge >= 0.3 is 26.2 Å². The number of carboxylic acids is 1. The van der Waals surface area contributed by atoms with E-state index in [-0.39, 0.29) is 11.5 Å². The van der Waals surface area contributed by atoms with E-state index in [2.05, 4.69) is 15.3 Å². The number of esters is 1. The minimum atomic E-state index is -1.46. The molecule has 0 spiro atoms. The van der Waals surface area contributed by atoms with Crippen molar-refractivity contribution in [2.45, 2.75) is 33.9 Å². The summed E-state index contributed by atoms with van der Waals surface area (Å²) >= 11 is 0. The second kappa shape index (κ2) is 14.7. The van der Waals surface area contributed by atoms with Gasteiger partial charge in [-0.2, -0.15) is 0 Å². The molecule has 10 nitrogen and oxygen atoms in total. The second-order valence-corrected chi connectivity index (χ2v) is 11.6. The molecule has 0 bridgehead atoms. The Morgan fingerprint density at radius 1 is 0.646 bits per heavy atom. The van der Waals surface area contributed by atoms with Crippen LogP contribution in [0.25, 0.3) is 21.8 Å². The Labute approximate surface area is 278 Å². The molecular weight excluding hydrogens is 610 g/mol. The van der Waals surface area contributed by atoms with Gasteiger partial charge in [-0.05, 0) is 90.3 Å². The fourth-order valence-electron chi connectivity index (χ4n) is 5.67. The molecule has 0 aliphatic carbocycles. The molecule has 48 heavy (non-hydrogen) atoms. The van der Waals surface area contributed by atoms with Gasteiger partial charge in [0.05, 0.1) is 17.7 Å². The Morgan fingerprint density at radius 2 is 1.06 bits per heavy atom. The molecule has 244 valence electrons. The molecule has 6 aromatic rings. The second-order valence-electron chi connectivity index (χ2n) is 11.6. The number of aromatic nitrogens is 2. The van der Waals surface area contributed by atoms with Gasteiger partial charge in [-0.15, -0.1) is 0 Å². The minimum absolute atomic E-state index is 0.277. The van der Waals surface area contributed by atoms with Crippen molar-refractivity contribution in [3.63, 3.8) is 0 Å². The molecule has 0 unspecified atom stereocenters. The van der Waals surface area contributed by atoms with E-state index in [0.717, 1.165) is 44.1 Å². The van der Waals surface area contributed by atoms with Gasteiger partial charge in [-0.1, -0.05) is 48.5 Å². The van der Waals surface area contributed by atoms with Gasteiger partial charge in [0.1, 0.15) is 0 Å². The van der Waals surface area contributed by atoms with Crippen molar-refractivity contribution in [3.05, 3.63) is 131 Å². The summed E-state index contributed by atoms with van der Waals surface area (Å²) in [6, 6.07) is 24.9. The van der Waals surface area contributed by atoms with Crippen LogP contribution < -0.4 is 10.9 Å². The highest BCUT2D eigenvalue weighted by Gasteiger charge is 2.14. The zero-order valence-electron chi connectivity index (χ0n) is 26.9.